The number of anilines is 1. The molecule has 0 atom stereocenters. The number of pyridine rings is 2. The van der Waals surface area contributed by atoms with E-state index in [9.17, 15) is 9.59 Å². The Morgan fingerprint density at radius 1 is 1.09 bits per heavy atom. The van der Waals surface area contributed by atoms with Crippen molar-refractivity contribution in [2.45, 2.75) is 51.6 Å². The Kier molecular flexibility index (Phi) is 6.78. The van der Waals surface area contributed by atoms with Gasteiger partial charge in [0.15, 0.2) is 11.5 Å². The van der Waals surface area contributed by atoms with Gasteiger partial charge in [0.25, 0.3) is 5.91 Å². The summed E-state index contributed by atoms with van der Waals surface area (Å²) in [7, 11) is 1.66. The van der Waals surface area contributed by atoms with Crippen molar-refractivity contribution in [1.29, 1.82) is 0 Å². The number of amides is 2. The third-order valence-corrected chi connectivity index (χ3v) is 6.06. The number of carbonyl (C=O) groups is 2. The molecule has 9 nitrogen and oxygen atoms in total. The molecule has 1 saturated carbocycles. The molecule has 1 aliphatic carbocycles. The predicted octanol–water partition coefficient (Wildman–Crippen LogP) is 3.32. The third kappa shape index (κ3) is 5.08. The maximum Gasteiger partial charge on any atom is 0.255 e. The summed E-state index contributed by atoms with van der Waals surface area (Å²) in [6, 6.07) is 3.75. The average Bonchev–Trinajstić information content (AvgIpc) is 3.21. The number of aromatic nitrogens is 4. The number of fused-ring (bicyclic) bond motifs is 1. The van der Waals surface area contributed by atoms with Crippen LogP contribution in [0.1, 0.15) is 49.9 Å². The average molecular weight is 470 g/mol. The molecule has 0 radical (unpaired) electrons. The molecule has 4 rings (SSSR count). The normalized spacial score (nSPS) is 18.3. The first-order valence-corrected chi connectivity index (χ1v) is 11.5. The Morgan fingerprint density at radius 3 is 2.55 bits per heavy atom. The minimum Gasteiger partial charge on any atom is -0.382 e. The fraction of sp³-hybridized carbons (Fsp3) is 0.435. The van der Waals surface area contributed by atoms with E-state index in [1.807, 2.05) is 13.8 Å². The maximum atomic E-state index is 13.1. The van der Waals surface area contributed by atoms with Gasteiger partial charge in [-0.15, -0.1) is 0 Å². The van der Waals surface area contributed by atoms with Crippen LogP contribution in [0.15, 0.2) is 30.7 Å². The molecule has 10 heteroatoms. The molecule has 3 heterocycles. The third-order valence-electron chi connectivity index (χ3n) is 5.85. The van der Waals surface area contributed by atoms with Crippen molar-refractivity contribution in [1.82, 2.24) is 30.4 Å². The lowest BCUT2D eigenvalue weighted by Crippen LogP contribution is -2.40. The van der Waals surface area contributed by atoms with Gasteiger partial charge >= 0.3 is 0 Å². The SMILES string of the molecule is CNC(=O)C1CCC(NC(=O)c2cnc(-n3ncc4cc(Cl)cnc43)cc2NC(C)C)CC1. The Balaban J connectivity index is 1.55. The van der Waals surface area contributed by atoms with E-state index < -0.39 is 0 Å². The molecule has 0 aromatic carbocycles. The summed E-state index contributed by atoms with van der Waals surface area (Å²) in [4.78, 5) is 33.8. The molecule has 33 heavy (non-hydrogen) atoms. The lowest BCUT2D eigenvalue weighted by Gasteiger charge is -2.28. The molecule has 0 unspecified atom stereocenters. The number of halogens is 1. The van der Waals surface area contributed by atoms with Crippen LogP contribution in [-0.2, 0) is 4.79 Å². The molecule has 0 saturated heterocycles. The van der Waals surface area contributed by atoms with Crippen molar-refractivity contribution in [3.63, 3.8) is 0 Å². The Labute approximate surface area is 197 Å². The summed E-state index contributed by atoms with van der Waals surface area (Å²) in [5, 5.41) is 14.9. The molecule has 2 amide bonds. The van der Waals surface area contributed by atoms with E-state index >= 15 is 0 Å². The summed E-state index contributed by atoms with van der Waals surface area (Å²) in [6.45, 7) is 4.02. The van der Waals surface area contributed by atoms with Gasteiger partial charge in [-0.25, -0.2) is 9.97 Å². The summed E-state index contributed by atoms with van der Waals surface area (Å²) < 4.78 is 1.62. The lowest BCUT2D eigenvalue weighted by molar-refractivity contribution is -0.125. The minimum absolute atomic E-state index is 0.0228. The number of hydrogen-bond acceptors (Lipinski definition) is 6. The van der Waals surface area contributed by atoms with Gasteiger partial charge < -0.3 is 16.0 Å². The largest absolute Gasteiger partial charge is 0.382 e. The molecule has 3 aromatic heterocycles. The number of nitrogens with one attached hydrogen (secondary N) is 3. The highest BCUT2D eigenvalue weighted by atomic mass is 35.5. The van der Waals surface area contributed by atoms with E-state index in [1.54, 1.807) is 42.5 Å². The van der Waals surface area contributed by atoms with Crippen LogP contribution in [-0.4, -0.2) is 50.7 Å². The van der Waals surface area contributed by atoms with E-state index in [0.29, 0.717) is 27.7 Å². The van der Waals surface area contributed by atoms with Gasteiger partial charge in [-0.3, -0.25) is 9.59 Å². The first-order chi connectivity index (χ1) is 15.9. The molecule has 0 bridgehead atoms. The Bertz CT molecular complexity index is 1170. The zero-order chi connectivity index (χ0) is 23.5. The van der Waals surface area contributed by atoms with E-state index in [-0.39, 0.29) is 29.8 Å². The zero-order valence-electron chi connectivity index (χ0n) is 18.9. The highest BCUT2D eigenvalue weighted by molar-refractivity contribution is 6.31. The highest BCUT2D eigenvalue weighted by Gasteiger charge is 2.27. The van der Waals surface area contributed by atoms with Crippen LogP contribution in [0, 0.1) is 5.92 Å². The molecule has 0 aliphatic heterocycles. The Hall–Kier alpha value is -3.20. The second-order valence-electron chi connectivity index (χ2n) is 8.65. The molecule has 3 aromatic rings. The molecule has 1 aliphatic rings. The second kappa shape index (κ2) is 9.74. The zero-order valence-corrected chi connectivity index (χ0v) is 19.7. The van der Waals surface area contributed by atoms with Crippen LogP contribution in [0.4, 0.5) is 5.69 Å². The maximum absolute atomic E-state index is 13.1. The van der Waals surface area contributed by atoms with Gasteiger partial charge in [-0.05, 0) is 45.6 Å². The van der Waals surface area contributed by atoms with E-state index in [0.717, 1.165) is 31.1 Å². The standard InChI is InChI=1S/C23H28ClN7O2/c1-13(2)29-19-9-20(31-21-15(10-28-31)8-16(24)11-27-21)26-12-18(19)23(33)30-17-6-4-14(5-7-17)22(32)25-3/h8-14,17H,4-7H2,1-3H3,(H,25,32)(H,26,29)(H,30,33). The molecule has 3 N–H and O–H groups in total. The quantitative estimate of drug-likeness (QED) is 0.510. The molecular weight excluding hydrogens is 442 g/mol. The minimum atomic E-state index is -0.184. The van der Waals surface area contributed by atoms with E-state index in [1.165, 1.54) is 0 Å². The molecular formula is C23H28ClN7O2. The fourth-order valence-corrected chi connectivity index (χ4v) is 4.37. The summed E-state index contributed by atoms with van der Waals surface area (Å²) in [5.74, 6) is 0.460. The summed E-state index contributed by atoms with van der Waals surface area (Å²) >= 11 is 6.03. The fourth-order valence-electron chi connectivity index (χ4n) is 4.20. The van der Waals surface area contributed by atoms with E-state index in [4.69, 9.17) is 11.6 Å². The predicted molar refractivity (Wildman–Crippen MR) is 128 cm³/mol. The van der Waals surface area contributed by atoms with Gasteiger partial charge in [-0.1, -0.05) is 11.6 Å². The number of rotatable bonds is 6. The number of nitrogens with zero attached hydrogens (tertiary/aromatic N) is 4. The van der Waals surface area contributed by atoms with Crippen molar-refractivity contribution in [2.75, 3.05) is 12.4 Å². The van der Waals surface area contributed by atoms with Crippen molar-refractivity contribution >= 4 is 40.1 Å². The summed E-state index contributed by atoms with van der Waals surface area (Å²) in [5.41, 5.74) is 1.77. The topological polar surface area (TPSA) is 114 Å². The number of hydrogen-bond donors (Lipinski definition) is 3. The monoisotopic (exact) mass is 469 g/mol. The van der Waals surface area contributed by atoms with Crippen LogP contribution in [0.25, 0.3) is 16.9 Å². The molecule has 1 fully saturated rings. The number of carbonyl (C=O) groups excluding carboxylic acids is 2. The first kappa shape index (κ1) is 23.0. The van der Waals surface area contributed by atoms with Crippen molar-refractivity contribution in [3.8, 4) is 5.82 Å². The van der Waals surface area contributed by atoms with Crippen LogP contribution in [0.3, 0.4) is 0 Å². The van der Waals surface area contributed by atoms with Gasteiger partial charge in [-0.2, -0.15) is 9.78 Å². The van der Waals surface area contributed by atoms with Gasteiger partial charge in [0, 0.05) is 48.9 Å². The Morgan fingerprint density at radius 2 is 1.85 bits per heavy atom. The first-order valence-electron chi connectivity index (χ1n) is 11.1. The molecule has 174 valence electrons. The van der Waals surface area contributed by atoms with Crippen LogP contribution < -0.4 is 16.0 Å². The van der Waals surface area contributed by atoms with E-state index in [2.05, 4.69) is 31.0 Å². The van der Waals surface area contributed by atoms with Crippen LogP contribution >= 0.6 is 11.6 Å². The lowest BCUT2D eigenvalue weighted by atomic mass is 9.85. The summed E-state index contributed by atoms with van der Waals surface area (Å²) in [6.07, 6.45) is 7.89. The second-order valence-corrected chi connectivity index (χ2v) is 9.08. The van der Waals surface area contributed by atoms with Crippen molar-refractivity contribution in [3.05, 3.63) is 41.3 Å². The highest BCUT2D eigenvalue weighted by Crippen LogP contribution is 2.26. The van der Waals surface area contributed by atoms with Crippen molar-refractivity contribution < 1.29 is 9.59 Å². The molecule has 0 spiro atoms. The van der Waals surface area contributed by atoms with Gasteiger partial charge in [0.05, 0.1) is 22.5 Å². The smallest absolute Gasteiger partial charge is 0.255 e. The van der Waals surface area contributed by atoms with Gasteiger partial charge in [0.1, 0.15) is 0 Å². The van der Waals surface area contributed by atoms with Gasteiger partial charge in [0.2, 0.25) is 5.91 Å². The van der Waals surface area contributed by atoms with Crippen LogP contribution in [0.5, 0.6) is 0 Å². The van der Waals surface area contributed by atoms with Crippen molar-refractivity contribution in [2.24, 2.45) is 5.92 Å². The van der Waals surface area contributed by atoms with Crippen LogP contribution in [0.2, 0.25) is 5.02 Å².